The Morgan fingerprint density at radius 1 is 1.25 bits per heavy atom. The summed E-state index contributed by atoms with van der Waals surface area (Å²) in [5.41, 5.74) is 4.77. The molecule has 1 aromatic carbocycles. The van der Waals surface area contributed by atoms with Crippen LogP contribution in [0.3, 0.4) is 0 Å². The van der Waals surface area contributed by atoms with E-state index in [1.165, 1.54) is 29.5 Å². The van der Waals surface area contributed by atoms with Crippen molar-refractivity contribution in [2.75, 3.05) is 6.54 Å². The number of nitrogens with one attached hydrogen (secondary N) is 1. The average Bonchev–Trinajstić information content (AvgIpc) is 2.98. The Kier molecular flexibility index (Phi) is 3.07. The predicted octanol–water partition coefficient (Wildman–Crippen LogP) is 3.75. The van der Waals surface area contributed by atoms with Crippen molar-refractivity contribution in [2.24, 2.45) is 5.41 Å². The van der Waals surface area contributed by atoms with Crippen LogP contribution in [0.15, 0.2) is 18.2 Å². The Labute approximate surface area is 99.3 Å². The maximum atomic E-state index is 3.65. The van der Waals surface area contributed by atoms with Crippen LogP contribution < -0.4 is 5.32 Å². The van der Waals surface area contributed by atoms with E-state index in [-0.39, 0.29) is 0 Å². The van der Waals surface area contributed by atoms with E-state index in [0.717, 1.165) is 6.54 Å². The first kappa shape index (κ1) is 11.7. The second-order valence-corrected chi connectivity index (χ2v) is 5.76. The molecular formula is C15H23N. The fourth-order valence-electron chi connectivity index (χ4n) is 1.94. The Morgan fingerprint density at radius 3 is 2.50 bits per heavy atom. The molecule has 1 fully saturated rings. The molecule has 16 heavy (non-hydrogen) atoms. The van der Waals surface area contributed by atoms with Crippen molar-refractivity contribution in [3.63, 3.8) is 0 Å². The Morgan fingerprint density at radius 2 is 1.94 bits per heavy atom. The fourth-order valence-corrected chi connectivity index (χ4v) is 1.94. The van der Waals surface area contributed by atoms with Crippen molar-refractivity contribution in [1.29, 1.82) is 0 Å². The van der Waals surface area contributed by atoms with Gasteiger partial charge in [-0.15, -0.1) is 0 Å². The molecule has 2 rings (SSSR count). The normalized spacial score (nSPS) is 19.5. The van der Waals surface area contributed by atoms with Crippen LogP contribution in [0.1, 0.15) is 49.4 Å². The van der Waals surface area contributed by atoms with Crippen LogP contribution in [0.25, 0.3) is 0 Å². The van der Waals surface area contributed by atoms with Gasteiger partial charge in [-0.25, -0.2) is 0 Å². The largest absolute Gasteiger partial charge is 0.310 e. The molecule has 1 atom stereocenters. The molecule has 1 saturated carbocycles. The predicted molar refractivity (Wildman–Crippen MR) is 69.7 cm³/mol. The highest BCUT2D eigenvalue weighted by atomic mass is 14.9. The lowest BCUT2D eigenvalue weighted by molar-refractivity contribution is 0.457. The van der Waals surface area contributed by atoms with Gasteiger partial charge in [-0.05, 0) is 55.7 Å². The zero-order valence-corrected chi connectivity index (χ0v) is 10.9. The van der Waals surface area contributed by atoms with E-state index in [9.17, 15) is 0 Å². The topological polar surface area (TPSA) is 12.0 Å². The molecule has 1 aromatic rings. The molecule has 0 spiro atoms. The molecule has 1 aliphatic rings. The summed E-state index contributed by atoms with van der Waals surface area (Å²) in [6, 6.07) is 7.25. The summed E-state index contributed by atoms with van der Waals surface area (Å²) < 4.78 is 0. The van der Waals surface area contributed by atoms with Gasteiger partial charge in [0.05, 0.1) is 0 Å². The van der Waals surface area contributed by atoms with Crippen LogP contribution in [0.4, 0.5) is 0 Å². The molecule has 0 radical (unpaired) electrons. The van der Waals surface area contributed by atoms with Crippen molar-refractivity contribution in [3.8, 4) is 0 Å². The number of hydrogen-bond acceptors (Lipinski definition) is 1. The molecule has 1 nitrogen and oxygen atoms in total. The van der Waals surface area contributed by atoms with E-state index in [1.807, 2.05) is 0 Å². The van der Waals surface area contributed by atoms with E-state index in [2.05, 4.69) is 51.2 Å². The maximum Gasteiger partial charge on any atom is 0.0292 e. The SMILES string of the molecule is Cc1ccc(C(C)NCC2(C)CC2)cc1C. The minimum atomic E-state index is 0.469. The van der Waals surface area contributed by atoms with E-state index in [4.69, 9.17) is 0 Å². The molecule has 1 unspecified atom stereocenters. The minimum absolute atomic E-state index is 0.469. The third-order valence-corrected chi connectivity index (χ3v) is 3.97. The summed E-state index contributed by atoms with van der Waals surface area (Å²) in [6.07, 6.45) is 2.78. The van der Waals surface area contributed by atoms with Crippen LogP contribution in [-0.4, -0.2) is 6.54 Å². The summed E-state index contributed by atoms with van der Waals surface area (Å²) in [7, 11) is 0. The lowest BCUT2D eigenvalue weighted by atomic mass is 10.0. The van der Waals surface area contributed by atoms with Gasteiger partial charge in [-0.2, -0.15) is 0 Å². The zero-order valence-electron chi connectivity index (χ0n) is 10.9. The first-order valence-corrected chi connectivity index (χ1v) is 6.31. The molecular weight excluding hydrogens is 194 g/mol. The van der Waals surface area contributed by atoms with Gasteiger partial charge >= 0.3 is 0 Å². The highest BCUT2D eigenvalue weighted by Crippen LogP contribution is 2.44. The Balaban J connectivity index is 1.97. The van der Waals surface area contributed by atoms with Crippen molar-refractivity contribution in [1.82, 2.24) is 5.32 Å². The van der Waals surface area contributed by atoms with Crippen LogP contribution in [0.2, 0.25) is 0 Å². The molecule has 0 heterocycles. The van der Waals surface area contributed by atoms with Gasteiger partial charge < -0.3 is 5.32 Å². The molecule has 1 heteroatoms. The highest BCUT2D eigenvalue weighted by molar-refractivity contribution is 5.31. The Bertz CT molecular complexity index is 377. The molecule has 0 aromatic heterocycles. The van der Waals surface area contributed by atoms with Gasteiger partial charge in [0.15, 0.2) is 0 Å². The van der Waals surface area contributed by atoms with Crippen molar-refractivity contribution in [3.05, 3.63) is 34.9 Å². The zero-order chi connectivity index (χ0) is 11.8. The van der Waals surface area contributed by atoms with Gasteiger partial charge in [-0.3, -0.25) is 0 Å². The van der Waals surface area contributed by atoms with E-state index >= 15 is 0 Å². The first-order chi connectivity index (χ1) is 7.50. The number of aryl methyl sites for hydroxylation is 2. The third-order valence-electron chi connectivity index (χ3n) is 3.97. The van der Waals surface area contributed by atoms with Crippen LogP contribution >= 0.6 is 0 Å². The second-order valence-electron chi connectivity index (χ2n) is 5.76. The summed E-state index contributed by atoms with van der Waals surface area (Å²) in [6.45, 7) is 10.1. The Hall–Kier alpha value is -0.820. The first-order valence-electron chi connectivity index (χ1n) is 6.31. The molecule has 1 aliphatic carbocycles. The van der Waals surface area contributed by atoms with E-state index < -0.39 is 0 Å². The van der Waals surface area contributed by atoms with Gasteiger partial charge in [0.2, 0.25) is 0 Å². The second kappa shape index (κ2) is 4.21. The fraction of sp³-hybridized carbons (Fsp3) is 0.600. The number of hydrogen-bond donors (Lipinski definition) is 1. The quantitative estimate of drug-likeness (QED) is 0.810. The van der Waals surface area contributed by atoms with Gasteiger partial charge in [0.25, 0.3) is 0 Å². The van der Waals surface area contributed by atoms with Crippen LogP contribution in [-0.2, 0) is 0 Å². The van der Waals surface area contributed by atoms with Gasteiger partial charge in [0.1, 0.15) is 0 Å². The summed E-state index contributed by atoms with van der Waals surface area (Å²) in [5, 5.41) is 3.65. The molecule has 0 aliphatic heterocycles. The molecule has 1 N–H and O–H groups in total. The van der Waals surface area contributed by atoms with E-state index in [0.29, 0.717) is 11.5 Å². The molecule has 0 bridgehead atoms. The summed E-state index contributed by atoms with van der Waals surface area (Å²) >= 11 is 0. The summed E-state index contributed by atoms with van der Waals surface area (Å²) in [5.74, 6) is 0. The van der Waals surface area contributed by atoms with E-state index in [1.54, 1.807) is 0 Å². The maximum absolute atomic E-state index is 3.65. The van der Waals surface area contributed by atoms with Crippen molar-refractivity contribution in [2.45, 2.75) is 46.6 Å². The standard InChI is InChI=1S/C15H23N/c1-11-5-6-14(9-12(11)2)13(3)16-10-15(4)7-8-15/h5-6,9,13,16H,7-8,10H2,1-4H3. The molecule has 88 valence electrons. The minimum Gasteiger partial charge on any atom is -0.310 e. The monoisotopic (exact) mass is 217 g/mol. The van der Waals surface area contributed by atoms with Gasteiger partial charge in [0, 0.05) is 12.6 Å². The molecule has 0 saturated heterocycles. The van der Waals surface area contributed by atoms with Crippen LogP contribution in [0, 0.1) is 19.3 Å². The molecule has 0 amide bonds. The average molecular weight is 217 g/mol. The van der Waals surface area contributed by atoms with Crippen LogP contribution in [0.5, 0.6) is 0 Å². The van der Waals surface area contributed by atoms with Gasteiger partial charge in [-0.1, -0.05) is 25.1 Å². The number of benzene rings is 1. The highest BCUT2D eigenvalue weighted by Gasteiger charge is 2.36. The number of rotatable bonds is 4. The lowest BCUT2D eigenvalue weighted by Crippen LogP contribution is -2.25. The third kappa shape index (κ3) is 2.65. The lowest BCUT2D eigenvalue weighted by Gasteiger charge is -2.18. The summed E-state index contributed by atoms with van der Waals surface area (Å²) in [4.78, 5) is 0. The van der Waals surface area contributed by atoms with Crippen molar-refractivity contribution < 1.29 is 0 Å². The smallest absolute Gasteiger partial charge is 0.0292 e. The van der Waals surface area contributed by atoms with Crippen molar-refractivity contribution >= 4 is 0 Å².